The van der Waals surface area contributed by atoms with Crippen LogP contribution in [0.5, 0.6) is 0 Å². The lowest BCUT2D eigenvalue weighted by Gasteiger charge is -2.31. The molecule has 17 heavy (non-hydrogen) atoms. The molecule has 0 bridgehead atoms. The van der Waals surface area contributed by atoms with Gasteiger partial charge in [0, 0.05) is 18.2 Å². The lowest BCUT2D eigenvalue weighted by Crippen LogP contribution is -2.38. The first kappa shape index (κ1) is 14.4. The van der Waals surface area contributed by atoms with Crippen LogP contribution in [0.1, 0.15) is 40.5 Å². The lowest BCUT2D eigenvalue weighted by atomic mass is 9.85. The van der Waals surface area contributed by atoms with Crippen molar-refractivity contribution in [3.63, 3.8) is 0 Å². The van der Waals surface area contributed by atoms with Crippen molar-refractivity contribution in [1.29, 1.82) is 0 Å². The fourth-order valence-corrected chi connectivity index (χ4v) is 2.80. The molecule has 1 amide bonds. The molecule has 1 rings (SSSR count). The van der Waals surface area contributed by atoms with Crippen LogP contribution in [0.25, 0.3) is 0 Å². The Balaban J connectivity index is 2.58. The normalized spacial score (nSPS) is 22.8. The standard InChI is InChI=1S/C12H23N3OS/c1-8(7-10(13)16)14-11-15-9(5-6-17-11)12(2,3)4/h8-9H,5-7H2,1-4H3,(H2,13,16)(H,14,15). The summed E-state index contributed by atoms with van der Waals surface area (Å²) in [6.07, 6.45) is 1.46. The van der Waals surface area contributed by atoms with Crippen molar-refractivity contribution < 1.29 is 4.79 Å². The average Bonchev–Trinajstić information content (AvgIpc) is 2.15. The molecular formula is C12H23N3OS. The molecule has 2 atom stereocenters. The molecule has 4 nitrogen and oxygen atoms in total. The van der Waals surface area contributed by atoms with Crippen molar-refractivity contribution in [2.45, 2.75) is 52.6 Å². The van der Waals surface area contributed by atoms with Gasteiger partial charge in [-0.15, -0.1) is 0 Å². The number of nitrogens with one attached hydrogen (secondary N) is 1. The molecule has 0 saturated heterocycles. The van der Waals surface area contributed by atoms with Gasteiger partial charge in [-0.3, -0.25) is 9.79 Å². The number of primary amides is 1. The molecule has 1 aliphatic rings. The van der Waals surface area contributed by atoms with E-state index in [1.807, 2.05) is 6.92 Å². The maximum atomic E-state index is 10.8. The van der Waals surface area contributed by atoms with E-state index in [-0.39, 0.29) is 17.4 Å². The van der Waals surface area contributed by atoms with Gasteiger partial charge in [0.25, 0.3) is 0 Å². The first-order chi connectivity index (χ1) is 7.79. The highest BCUT2D eigenvalue weighted by Crippen LogP contribution is 2.30. The number of amides is 1. The summed E-state index contributed by atoms with van der Waals surface area (Å²) in [5.74, 6) is 0.802. The van der Waals surface area contributed by atoms with Crippen LogP contribution in [0.3, 0.4) is 0 Å². The molecule has 0 aromatic heterocycles. The summed E-state index contributed by atoms with van der Waals surface area (Å²) in [5.41, 5.74) is 5.36. The van der Waals surface area contributed by atoms with Gasteiger partial charge < -0.3 is 11.1 Å². The van der Waals surface area contributed by atoms with E-state index in [1.54, 1.807) is 11.8 Å². The Kier molecular flexibility index (Phi) is 4.86. The molecule has 0 spiro atoms. The first-order valence-electron chi connectivity index (χ1n) is 6.04. The number of amidine groups is 1. The van der Waals surface area contributed by atoms with Gasteiger partial charge in [0.05, 0.1) is 6.04 Å². The maximum Gasteiger partial charge on any atom is 0.219 e. The molecule has 0 aliphatic carbocycles. The van der Waals surface area contributed by atoms with Gasteiger partial charge in [0.1, 0.15) is 0 Å². The zero-order valence-corrected chi connectivity index (χ0v) is 11.9. The number of hydrogen-bond acceptors (Lipinski definition) is 4. The van der Waals surface area contributed by atoms with E-state index in [0.29, 0.717) is 12.5 Å². The second kappa shape index (κ2) is 5.76. The van der Waals surface area contributed by atoms with Gasteiger partial charge in [-0.2, -0.15) is 0 Å². The number of aliphatic imine (C=N–C) groups is 1. The number of carbonyl (C=O) groups is 1. The van der Waals surface area contributed by atoms with E-state index in [1.165, 1.54) is 0 Å². The maximum absolute atomic E-state index is 10.8. The molecule has 5 heteroatoms. The number of rotatable bonds is 3. The van der Waals surface area contributed by atoms with Gasteiger partial charge >= 0.3 is 0 Å². The predicted molar refractivity (Wildman–Crippen MR) is 74.2 cm³/mol. The summed E-state index contributed by atoms with van der Waals surface area (Å²) >= 11 is 1.73. The molecule has 0 aromatic carbocycles. The fraction of sp³-hybridized carbons (Fsp3) is 0.833. The highest BCUT2D eigenvalue weighted by atomic mass is 32.2. The van der Waals surface area contributed by atoms with Crippen molar-refractivity contribution in [3.05, 3.63) is 0 Å². The Morgan fingerprint density at radius 3 is 2.82 bits per heavy atom. The minimum atomic E-state index is -0.279. The van der Waals surface area contributed by atoms with Gasteiger partial charge in [-0.1, -0.05) is 32.5 Å². The zero-order chi connectivity index (χ0) is 13.1. The topological polar surface area (TPSA) is 67.5 Å². The smallest absolute Gasteiger partial charge is 0.219 e. The Bertz CT molecular complexity index is 309. The van der Waals surface area contributed by atoms with Crippen molar-refractivity contribution >= 4 is 22.8 Å². The number of thioether (sulfide) groups is 1. The van der Waals surface area contributed by atoms with Crippen LogP contribution in [0.2, 0.25) is 0 Å². The van der Waals surface area contributed by atoms with Crippen LogP contribution < -0.4 is 11.1 Å². The minimum absolute atomic E-state index is 0.0532. The summed E-state index contributed by atoms with van der Waals surface area (Å²) < 4.78 is 0. The molecule has 2 unspecified atom stereocenters. The van der Waals surface area contributed by atoms with Crippen LogP contribution in [0, 0.1) is 5.41 Å². The summed E-state index contributed by atoms with van der Waals surface area (Å²) in [6.45, 7) is 8.58. The van der Waals surface area contributed by atoms with Gasteiger partial charge in [0.2, 0.25) is 5.91 Å². The Hall–Kier alpha value is -0.710. The van der Waals surface area contributed by atoms with E-state index >= 15 is 0 Å². The van der Waals surface area contributed by atoms with Crippen LogP contribution in [0.15, 0.2) is 4.99 Å². The first-order valence-corrected chi connectivity index (χ1v) is 7.03. The summed E-state index contributed by atoms with van der Waals surface area (Å²) in [4.78, 5) is 15.5. The number of hydrogen-bond donors (Lipinski definition) is 2. The van der Waals surface area contributed by atoms with Crippen LogP contribution in [-0.4, -0.2) is 28.9 Å². The molecule has 0 aromatic rings. The molecule has 1 heterocycles. The molecule has 98 valence electrons. The largest absolute Gasteiger partial charge is 0.370 e. The third kappa shape index (κ3) is 4.98. The van der Waals surface area contributed by atoms with Crippen LogP contribution in [-0.2, 0) is 4.79 Å². The molecule has 0 fully saturated rings. The average molecular weight is 257 g/mol. The zero-order valence-electron chi connectivity index (χ0n) is 11.1. The third-order valence-corrected chi connectivity index (χ3v) is 3.72. The molecule has 0 saturated carbocycles. The monoisotopic (exact) mass is 257 g/mol. The van der Waals surface area contributed by atoms with Crippen molar-refractivity contribution in [2.24, 2.45) is 16.1 Å². The van der Waals surface area contributed by atoms with E-state index in [0.717, 1.165) is 17.3 Å². The Labute approximate surface area is 108 Å². The SMILES string of the molecule is CC(CC(N)=O)NC1=NC(C(C)(C)C)CCS1. The Morgan fingerprint density at radius 1 is 1.65 bits per heavy atom. The Morgan fingerprint density at radius 2 is 2.29 bits per heavy atom. The summed E-state index contributed by atoms with van der Waals surface area (Å²) in [7, 11) is 0. The highest BCUT2D eigenvalue weighted by Gasteiger charge is 2.27. The summed E-state index contributed by atoms with van der Waals surface area (Å²) in [5, 5.41) is 4.21. The van der Waals surface area contributed by atoms with Crippen molar-refractivity contribution in [3.8, 4) is 0 Å². The second-order valence-electron chi connectivity index (χ2n) is 5.67. The molecular weight excluding hydrogens is 234 g/mol. The molecule has 3 N–H and O–H groups in total. The quantitative estimate of drug-likeness (QED) is 0.809. The molecule has 0 radical (unpaired) electrons. The lowest BCUT2D eigenvalue weighted by molar-refractivity contribution is -0.118. The third-order valence-electron chi connectivity index (χ3n) is 2.78. The van der Waals surface area contributed by atoms with E-state index in [4.69, 9.17) is 10.7 Å². The van der Waals surface area contributed by atoms with Gasteiger partial charge in [-0.05, 0) is 18.8 Å². The number of nitrogens with zero attached hydrogens (tertiary/aromatic N) is 1. The van der Waals surface area contributed by atoms with Gasteiger partial charge in [0.15, 0.2) is 5.17 Å². The predicted octanol–water partition coefficient (Wildman–Crippen LogP) is 1.75. The van der Waals surface area contributed by atoms with E-state index < -0.39 is 0 Å². The summed E-state index contributed by atoms with van der Waals surface area (Å²) in [6, 6.07) is 0.407. The molecule has 1 aliphatic heterocycles. The van der Waals surface area contributed by atoms with Crippen LogP contribution in [0.4, 0.5) is 0 Å². The second-order valence-corrected chi connectivity index (χ2v) is 6.75. The number of nitrogens with two attached hydrogens (primary N) is 1. The fourth-order valence-electron chi connectivity index (χ4n) is 1.78. The minimum Gasteiger partial charge on any atom is -0.370 e. The van der Waals surface area contributed by atoms with Crippen molar-refractivity contribution in [1.82, 2.24) is 5.32 Å². The number of carbonyl (C=O) groups excluding carboxylic acids is 1. The van der Waals surface area contributed by atoms with Crippen LogP contribution >= 0.6 is 11.8 Å². The van der Waals surface area contributed by atoms with E-state index in [2.05, 4.69) is 26.1 Å². The van der Waals surface area contributed by atoms with Gasteiger partial charge in [-0.25, -0.2) is 0 Å². The van der Waals surface area contributed by atoms with Crippen molar-refractivity contribution in [2.75, 3.05) is 5.75 Å². The van der Waals surface area contributed by atoms with E-state index in [9.17, 15) is 4.79 Å². The highest BCUT2D eigenvalue weighted by molar-refractivity contribution is 8.13.